The van der Waals surface area contributed by atoms with Gasteiger partial charge in [0.25, 0.3) is 11.8 Å². The number of esters is 1. The van der Waals surface area contributed by atoms with E-state index < -0.39 is 11.9 Å². The molecule has 0 saturated carbocycles. The van der Waals surface area contributed by atoms with Crippen molar-refractivity contribution >= 4 is 29.1 Å². The van der Waals surface area contributed by atoms with Gasteiger partial charge in [0.2, 0.25) is 0 Å². The summed E-state index contributed by atoms with van der Waals surface area (Å²) in [6.45, 7) is 0.205. The number of rotatable bonds is 6. The standard InChI is InChI=1S/C16H16N2O5S/c1-22-11-4-3-9(7-10(11)16(21)23-2)8-18-15(20)13-6-5-12(24-13)14(17)19/h3-7H,8H2,1-2H3,(H2,17,19)(H,18,20). The van der Waals surface area contributed by atoms with Crippen molar-refractivity contribution in [2.75, 3.05) is 14.2 Å². The minimum Gasteiger partial charge on any atom is -0.496 e. The monoisotopic (exact) mass is 348 g/mol. The van der Waals surface area contributed by atoms with Crippen LogP contribution >= 0.6 is 11.3 Å². The van der Waals surface area contributed by atoms with Crippen LogP contribution in [0.3, 0.4) is 0 Å². The molecule has 126 valence electrons. The molecule has 0 aliphatic rings. The molecule has 3 N–H and O–H groups in total. The van der Waals surface area contributed by atoms with Gasteiger partial charge in [-0.1, -0.05) is 6.07 Å². The van der Waals surface area contributed by atoms with Crippen LogP contribution in [0.5, 0.6) is 5.75 Å². The average Bonchev–Trinajstić information content (AvgIpc) is 3.09. The molecule has 0 saturated heterocycles. The van der Waals surface area contributed by atoms with Crippen molar-refractivity contribution in [3.63, 3.8) is 0 Å². The molecule has 1 aromatic carbocycles. The van der Waals surface area contributed by atoms with Gasteiger partial charge in [-0.25, -0.2) is 4.79 Å². The summed E-state index contributed by atoms with van der Waals surface area (Å²) in [4.78, 5) is 35.6. The Hall–Kier alpha value is -2.87. The first-order valence-electron chi connectivity index (χ1n) is 6.89. The Kier molecular flexibility index (Phi) is 5.54. The van der Waals surface area contributed by atoms with Crippen molar-refractivity contribution in [2.45, 2.75) is 6.54 Å². The van der Waals surface area contributed by atoms with Crippen LogP contribution in [0.1, 0.15) is 35.3 Å². The molecule has 0 unspecified atom stereocenters. The number of nitrogens with one attached hydrogen (secondary N) is 1. The lowest BCUT2D eigenvalue weighted by molar-refractivity contribution is 0.0596. The quantitative estimate of drug-likeness (QED) is 0.771. The van der Waals surface area contributed by atoms with Crippen molar-refractivity contribution in [1.82, 2.24) is 5.32 Å². The molecule has 0 atom stereocenters. The van der Waals surface area contributed by atoms with Gasteiger partial charge in [-0.15, -0.1) is 11.3 Å². The molecular formula is C16H16N2O5S. The second kappa shape index (κ2) is 7.60. The zero-order valence-corrected chi connectivity index (χ0v) is 13.9. The van der Waals surface area contributed by atoms with Gasteiger partial charge in [0, 0.05) is 6.54 Å². The van der Waals surface area contributed by atoms with Crippen LogP contribution in [0.25, 0.3) is 0 Å². The largest absolute Gasteiger partial charge is 0.496 e. The van der Waals surface area contributed by atoms with Crippen molar-refractivity contribution in [3.05, 3.63) is 51.2 Å². The van der Waals surface area contributed by atoms with E-state index in [1.807, 2.05) is 0 Å². The van der Waals surface area contributed by atoms with Crippen molar-refractivity contribution in [2.24, 2.45) is 5.73 Å². The number of primary amides is 1. The summed E-state index contributed by atoms with van der Waals surface area (Å²) in [6.07, 6.45) is 0. The van der Waals surface area contributed by atoms with Gasteiger partial charge in [0.05, 0.1) is 24.0 Å². The summed E-state index contributed by atoms with van der Waals surface area (Å²) in [5, 5.41) is 2.72. The Balaban J connectivity index is 2.09. The van der Waals surface area contributed by atoms with Gasteiger partial charge in [0.15, 0.2) is 0 Å². The van der Waals surface area contributed by atoms with Crippen LogP contribution in [0.4, 0.5) is 0 Å². The molecule has 24 heavy (non-hydrogen) atoms. The van der Waals surface area contributed by atoms with Crippen LogP contribution in [0.15, 0.2) is 30.3 Å². The molecule has 2 rings (SSSR count). The first-order chi connectivity index (χ1) is 11.5. The number of carbonyl (C=O) groups excluding carboxylic acids is 3. The minimum absolute atomic E-state index is 0.205. The molecule has 1 heterocycles. The molecule has 0 aliphatic carbocycles. The number of nitrogens with two attached hydrogens (primary N) is 1. The Morgan fingerprint density at radius 3 is 2.42 bits per heavy atom. The fourth-order valence-corrected chi connectivity index (χ4v) is 2.77. The summed E-state index contributed by atoms with van der Waals surface area (Å²) in [7, 11) is 2.74. The van der Waals surface area contributed by atoms with E-state index in [0.29, 0.717) is 21.1 Å². The third-order valence-corrected chi connectivity index (χ3v) is 4.29. The normalized spacial score (nSPS) is 10.1. The lowest BCUT2D eigenvalue weighted by atomic mass is 10.1. The smallest absolute Gasteiger partial charge is 0.341 e. The average molecular weight is 348 g/mol. The van der Waals surface area contributed by atoms with Crippen LogP contribution in [-0.2, 0) is 11.3 Å². The third kappa shape index (κ3) is 3.90. The lowest BCUT2D eigenvalue weighted by Gasteiger charge is -2.10. The minimum atomic E-state index is -0.572. The van der Waals surface area contributed by atoms with E-state index in [2.05, 4.69) is 5.32 Å². The predicted octanol–water partition coefficient (Wildman–Crippen LogP) is 1.57. The van der Waals surface area contributed by atoms with Crippen molar-refractivity contribution in [3.8, 4) is 5.75 Å². The summed E-state index contributed by atoms with van der Waals surface area (Å²) in [6, 6.07) is 7.99. The topological polar surface area (TPSA) is 108 Å². The van der Waals surface area contributed by atoms with E-state index >= 15 is 0 Å². The second-order valence-electron chi connectivity index (χ2n) is 4.74. The molecule has 0 fully saturated rings. The van der Waals surface area contributed by atoms with E-state index in [4.69, 9.17) is 15.2 Å². The van der Waals surface area contributed by atoms with Crippen LogP contribution in [0, 0.1) is 0 Å². The summed E-state index contributed by atoms with van der Waals surface area (Å²) in [5.41, 5.74) is 6.14. The third-order valence-electron chi connectivity index (χ3n) is 3.19. The highest BCUT2D eigenvalue weighted by molar-refractivity contribution is 7.15. The SMILES string of the molecule is COC(=O)c1cc(CNC(=O)c2ccc(C(N)=O)s2)ccc1OC. The molecule has 2 amide bonds. The Morgan fingerprint density at radius 1 is 1.12 bits per heavy atom. The summed E-state index contributed by atoms with van der Waals surface area (Å²) < 4.78 is 9.82. The van der Waals surface area contributed by atoms with Crippen LogP contribution < -0.4 is 15.8 Å². The number of carbonyl (C=O) groups is 3. The summed E-state index contributed by atoms with van der Waals surface area (Å²) >= 11 is 1.02. The van der Waals surface area contributed by atoms with E-state index in [0.717, 1.165) is 11.3 Å². The molecule has 2 aromatic rings. The van der Waals surface area contributed by atoms with Gasteiger partial charge in [-0.05, 0) is 29.8 Å². The predicted molar refractivity (Wildman–Crippen MR) is 88.3 cm³/mol. The second-order valence-corrected chi connectivity index (χ2v) is 5.82. The van der Waals surface area contributed by atoms with Crippen molar-refractivity contribution in [1.29, 1.82) is 0 Å². The van der Waals surface area contributed by atoms with Gasteiger partial charge in [-0.3, -0.25) is 9.59 Å². The fraction of sp³-hybridized carbons (Fsp3) is 0.188. The maximum absolute atomic E-state index is 12.1. The summed E-state index contributed by atoms with van der Waals surface area (Å²) in [5.74, 6) is -1.04. The van der Waals surface area contributed by atoms with Gasteiger partial charge in [0.1, 0.15) is 11.3 Å². The van der Waals surface area contributed by atoms with E-state index in [1.165, 1.54) is 26.4 Å². The highest BCUT2D eigenvalue weighted by atomic mass is 32.1. The number of amides is 2. The number of hydrogen-bond acceptors (Lipinski definition) is 6. The number of hydrogen-bond donors (Lipinski definition) is 2. The Morgan fingerprint density at radius 2 is 1.83 bits per heavy atom. The number of ether oxygens (including phenoxy) is 2. The maximum Gasteiger partial charge on any atom is 0.341 e. The molecule has 0 radical (unpaired) electrons. The first-order valence-corrected chi connectivity index (χ1v) is 7.71. The molecule has 1 aromatic heterocycles. The number of thiophene rings is 1. The van der Waals surface area contributed by atoms with E-state index in [-0.39, 0.29) is 18.0 Å². The first kappa shape index (κ1) is 17.5. The van der Waals surface area contributed by atoms with Crippen LogP contribution in [-0.4, -0.2) is 32.0 Å². The number of methoxy groups -OCH3 is 2. The number of benzene rings is 1. The van der Waals surface area contributed by atoms with Crippen molar-refractivity contribution < 1.29 is 23.9 Å². The molecule has 0 aliphatic heterocycles. The zero-order chi connectivity index (χ0) is 17.7. The molecule has 0 bridgehead atoms. The molecular weight excluding hydrogens is 332 g/mol. The van der Waals surface area contributed by atoms with Gasteiger partial charge in [-0.2, -0.15) is 0 Å². The fourth-order valence-electron chi connectivity index (χ4n) is 2.00. The highest BCUT2D eigenvalue weighted by Crippen LogP contribution is 2.21. The highest BCUT2D eigenvalue weighted by Gasteiger charge is 2.15. The maximum atomic E-state index is 12.1. The van der Waals surface area contributed by atoms with Crippen LogP contribution in [0.2, 0.25) is 0 Å². The van der Waals surface area contributed by atoms with Gasteiger partial charge < -0.3 is 20.5 Å². The molecule has 8 heteroatoms. The Bertz CT molecular complexity index is 785. The van der Waals surface area contributed by atoms with Gasteiger partial charge >= 0.3 is 5.97 Å². The van der Waals surface area contributed by atoms with E-state index in [9.17, 15) is 14.4 Å². The molecule has 0 spiro atoms. The van der Waals surface area contributed by atoms with E-state index in [1.54, 1.807) is 18.2 Å². The molecule has 7 nitrogen and oxygen atoms in total. The lowest BCUT2D eigenvalue weighted by Crippen LogP contribution is -2.22. The zero-order valence-electron chi connectivity index (χ0n) is 13.1. The Labute approximate surface area is 142 Å².